The number of nitrogens with one attached hydrogen (secondary N) is 3. The summed E-state index contributed by atoms with van der Waals surface area (Å²) in [5, 5.41) is 9.42. The highest BCUT2D eigenvalue weighted by Gasteiger charge is 2.40. The largest absolute Gasteiger partial charge is 0.478 e. The summed E-state index contributed by atoms with van der Waals surface area (Å²) < 4.78 is 7.30. The van der Waals surface area contributed by atoms with E-state index in [2.05, 4.69) is 46.6 Å². The van der Waals surface area contributed by atoms with Gasteiger partial charge in [-0.05, 0) is 100 Å². The van der Waals surface area contributed by atoms with Crippen LogP contribution in [0.3, 0.4) is 0 Å². The van der Waals surface area contributed by atoms with Crippen LogP contribution < -0.4 is 36.0 Å². The number of nitrogens with zero attached hydrogens (tertiary/aromatic N) is 8. The molecular weight excluding hydrogens is 838 g/mol. The molecule has 4 amide bonds. The Morgan fingerprint density at radius 1 is 0.922 bits per heavy atom. The van der Waals surface area contributed by atoms with Crippen LogP contribution in [-0.4, -0.2) is 131 Å². The van der Waals surface area contributed by atoms with E-state index in [1.54, 1.807) is 21.7 Å². The predicted octanol–water partition coefficient (Wildman–Crippen LogP) is 4.26. The molecule has 338 valence electrons. The van der Waals surface area contributed by atoms with Crippen LogP contribution in [-0.2, 0) is 20.9 Å². The number of anilines is 4. The fourth-order valence-electron chi connectivity index (χ4n) is 10.1. The van der Waals surface area contributed by atoms with Gasteiger partial charge in [0, 0.05) is 99.7 Å². The lowest BCUT2D eigenvalue weighted by Gasteiger charge is -2.47. The number of amides is 4. The fourth-order valence-corrected chi connectivity index (χ4v) is 10.2. The maximum atomic E-state index is 13.3. The lowest BCUT2D eigenvalue weighted by Crippen LogP contribution is -2.57. The number of imide groups is 1. The highest BCUT2D eigenvalue weighted by molar-refractivity contribution is 6.33. The summed E-state index contributed by atoms with van der Waals surface area (Å²) in [7, 11) is 1.52. The van der Waals surface area contributed by atoms with Gasteiger partial charge < -0.3 is 34.6 Å². The number of fused-ring (bicyclic) bond motifs is 2. The number of hydrogen-bond acceptors (Lipinski definition) is 13. The van der Waals surface area contributed by atoms with E-state index in [-0.39, 0.29) is 54.0 Å². The lowest BCUT2D eigenvalue weighted by atomic mass is 9.99. The SMILES string of the molecule is CNC(=O)COc1cc2cc(Nc3nc(N4CCC(N5CCCN(C6CCCN(c7ccc8c(c7)CN(C7CCC(=O)NC7=O)C8=O)C6)C5)CC4)ncc3Cl)ccc2n(C(C)C)c1=O. The second-order valence-corrected chi connectivity index (χ2v) is 18.2. The monoisotopic (exact) mass is 893 g/mol. The van der Waals surface area contributed by atoms with Gasteiger partial charge in [0.25, 0.3) is 17.4 Å². The van der Waals surface area contributed by atoms with Crippen molar-refractivity contribution in [3.05, 3.63) is 75.2 Å². The molecule has 4 fully saturated rings. The molecule has 64 heavy (non-hydrogen) atoms. The molecule has 0 bridgehead atoms. The van der Waals surface area contributed by atoms with Gasteiger partial charge in [-0.25, -0.2) is 4.98 Å². The van der Waals surface area contributed by atoms with E-state index in [1.807, 2.05) is 44.2 Å². The average molecular weight is 894 g/mol. The van der Waals surface area contributed by atoms with Crippen LogP contribution in [0.1, 0.15) is 80.8 Å². The Morgan fingerprint density at radius 2 is 1.72 bits per heavy atom. The summed E-state index contributed by atoms with van der Waals surface area (Å²) in [4.78, 5) is 83.9. The number of benzene rings is 2. The third-order valence-electron chi connectivity index (χ3n) is 13.5. The average Bonchev–Trinajstić information content (AvgIpc) is 3.63. The standard InChI is InChI=1S/C46H56ClN11O6/c1-28(2)58-37-10-7-31(20-29(37)22-39(45(58)63)64-26-41(60)48-3)50-42-36(47)23-49-46(52-42)53-18-13-32(14-19-53)55-16-5-17-56(27-55)34-6-4-15-54(25-34)33-8-9-35-30(21-33)24-57(44(35)62)38-11-12-40(59)51-43(38)61/h7-10,20-23,28,32,34,38H,4-6,11-19,24-27H2,1-3H3,(H,48,60)(H,49,50,52)(H,51,59,61). The summed E-state index contributed by atoms with van der Waals surface area (Å²) in [6, 6.07) is 13.5. The van der Waals surface area contributed by atoms with Crippen LogP contribution >= 0.6 is 11.6 Å². The minimum atomic E-state index is -0.616. The number of ether oxygens (including phenoxy) is 1. The first-order valence-electron chi connectivity index (χ1n) is 22.5. The molecule has 3 N–H and O–H groups in total. The highest BCUT2D eigenvalue weighted by Crippen LogP contribution is 2.34. The molecule has 2 aromatic heterocycles. The van der Waals surface area contributed by atoms with Crippen molar-refractivity contribution in [1.82, 2.24) is 39.9 Å². The van der Waals surface area contributed by atoms with E-state index >= 15 is 0 Å². The third kappa shape index (κ3) is 8.84. The van der Waals surface area contributed by atoms with Gasteiger partial charge in [-0.2, -0.15) is 4.98 Å². The second-order valence-electron chi connectivity index (χ2n) is 17.8. The molecule has 0 spiro atoms. The molecule has 17 nitrogen and oxygen atoms in total. The number of aromatic nitrogens is 3. The van der Waals surface area contributed by atoms with Crippen molar-refractivity contribution in [1.29, 1.82) is 0 Å². The normalized spacial score (nSPS) is 21.4. The van der Waals surface area contributed by atoms with Gasteiger partial charge in [0.2, 0.25) is 17.8 Å². The zero-order valence-electron chi connectivity index (χ0n) is 36.6. The first-order valence-corrected chi connectivity index (χ1v) is 22.9. The maximum absolute atomic E-state index is 13.3. The van der Waals surface area contributed by atoms with Gasteiger partial charge in [0.05, 0.1) is 18.4 Å². The zero-order valence-corrected chi connectivity index (χ0v) is 37.4. The summed E-state index contributed by atoms with van der Waals surface area (Å²) in [5.74, 6) is 0.0568. The number of carbonyl (C=O) groups excluding carboxylic acids is 4. The van der Waals surface area contributed by atoms with E-state index in [0.29, 0.717) is 47.4 Å². The van der Waals surface area contributed by atoms with Crippen LogP contribution in [0.5, 0.6) is 5.75 Å². The second kappa shape index (κ2) is 18.4. The summed E-state index contributed by atoms with van der Waals surface area (Å²) in [5.41, 5.74) is 3.86. The van der Waals surface area contributed by atoms with Gasteiger partial charge in [0.15, 0.2) is 18.2 Å². The van der Waals surface area contributed by atoms with Crippen molar-refractivity contribution >= 4 is 69.3 Å². The minimum absolute atomic E-state index is 0.0979. The van der Waals surface area contributed by atoms with Crippen molar-refractivity contribution in [3.63, 3.8) is 0 Å². The molecule has 0 aliphatic carbocycles. The zero-order chi connectivity index (χ0) is 44.6. The first kappa shape index (κ1) is 43.5. The van der Waals surface area contributed by atoms with Crippen molar-refractivity contribution in [2.45, 2.75) is 89.5 Å². The molecule has 2 atom stereocenters. The number of carbonyl (C=O) groups is 4. The van der Waals surface area contributed by atoms with Crippen LogP contribution in [0.2, 0.25) is 5.02 Å². The molecule has 4 saturated heterocycles. The predicted molar refractivity (Wildman–Crippen MR) is 244 cm³/mol. The van der Waals surface area contributed by atoms with Crippen molar-refractivity contribution < 1.29 is 23.9 Å². The molecule has 2 unspecified atom stereocenters. The number of pyridine rings is 1. The highest BCUT2D eigenvalue weighted by atomic mass is 35.5. The molecular formula is C46H56ClN11O6. The van der Waals surface area contributed by atoms with Crippen LogP contribution in [0, 0.1) is 0 Å². The van der Waals surface area contributed by atoms with Crippen molar-refractivity contribution in [2.75, 3.05) is 74.7 Å². The smallest absolute Gasteiger partial charge is 0.293 e. The topological polar surface area (TPSA) is 178 Å². The fraction of sp³-hybridized carbons (Fsp3) is 0.500. The molecule has 5 aliphatic heterocycles. The minimum Gasteiger partial charge on any atom is -0.478 e. The van der Waals surface area contributed by atoms with E-state index in [9.17, 15) is 24.0 Å². The molecule has 7 heterocycles. The van der Waals surface area contributed by atoms with Crippen LogP contribution in [0.25, 0.3) is 10.9 Å². The Balaban J connectivity index is 0.809. The molecule has 9 rings (SSSR count). The van der Waals surface area contributed by atoms with Crippen molar-refractivity contribution in [2.24, 2.45) is 0 Å². The van der Waals surface area contributed by atoms with E-state index in [1.165, 1.54) is 7.05 Å². The van der Waals surface area contributed by atoms with Crippen molar-refractivity contribution in [3.8, 4) is 5.75 Å². The van der Waals surface area contributed by atoms with E-state index in [0.717, 1.165) is 106 Å². The first-order chi connectivity index (χ1) is 30.9. The van der Waals surface area contributed by atoms with Gasteiger partial charge in [0.1, 0.15) is 11.1 Å². The third-order valence-corrected chi connectivity index (χ3v) is 13.7. The number of hydrogen-bond donors (Lipinski definition) is 3. The molecule has 5 aliphatic rings. The number of halogens is 1. The van der Waals surface area contributed by atoms with Crippen LogP contribution in [0.4, 0.5) is 23.1 Å². The number of piperidine rings is 3. The Bertz CT molecular complexity index is 2530. The Labute approximate surface area is 377 Å². The van der Waals surface area contributed by atoms with E-state index in [4.69, 9.17) is 21.3 Å². The number of likely N-dealkylation sites (N-methyl/N-ethyl adjacent to an activating group) is 1. The molecule has 0 saturated carbocycles. The van der Waals surface area contributed by atoms with Gasteiger partial charge in [-0.15, -0.1) is 0 Å². The molecule has 18 heteroatoms. The lowest BCUT2D eigenvalue weighted by molar-refractivity contribution is -0.137. The summed E-state index contributed by atoms with van der Waals surface area (Å²) in [6.07, 6.45) is 7.58. The summed E-state index contributed by atoms with van der Waals surface area (Å²) in [6.45, 7) is 10.6. The van der Waals surface area contributed by atoms with Gasteiger partial charge in [-0.1, -0.05) is 11.6 Å². The Morgan fingerprint density at radius 3 is 2.48 bits per heavy atom. The van der Waals surface area contributed by atoms with E-state index < -0.39 is 6.04 Å². The van der Waals surface area contributed by atoms with Gasteiger partial charge >= 0.3 is 0 Å². The Kier molecular flexibility index (Phi) is 12.5. The Hall–Kier alpha value is -5.78. The van der Waals surface area contributed by atoms with Crippen LogP contribution in [0.15, 0.2) is 53.5 Å². The molecule has 2 aromatic carbocycles. The number of rotatable bonds is 11. The van der Waals surface area contributed by atoms with Gasteiger partial charge in [-0.3, -0.25) is 39.1 Å². The quantitative estimate of drug-likeness (QED) is 0.182. The molecule has 0 radical (unpaired) electrons. The summed E-state index contributed by atoms with van der Waals surface area (Å²) >= 11 is 6.66. The maximum Gasteiger partial charge on any atom is 0.293 e. The molecule has 4 aromatic rings.